The predicted molar refractivity (Wildman–Crippen MR) is 101 cm³/mol. The van der Waals surface area contributed by atoms with Crippen molar-refractivity contribution in [1.29, 1.82) is 0 Å². The van der Waals surface area contributed by atoms with Crippen LogP contribution >= 0.6 is 0 Å². The average molecular weight is 382 g/mol. The van der Waals surface area contributed by atoms with Crippen molar-refractivity contribution in [2.45, 2.75) is 25.2 Å². The highest BCUT2D eigenvalue weighted by atomic mass is 16.4. The lowest BCUT2D eigenvalue weighted by atomic mass is 9.74. The van der Waals surface area contributed by atoms with Crippen LogP contribution in [-0.4, -0.2) is 42.1 Å². The van der Waals surface area contributed by atoms with Gasteiger partial charge in [-0.3, -0.25) is 4.79 Å². The summed E-state index contributed by atoms with van der Waals surface area (Å²) in [5.41, 5.74) is 11.5. The second-order valence-corrected chi connectivity index (χ2v) is 6.30. The van der Waals surface area contributed by atoms with Crippen molar-refractivity contribution in [3.05, 3.63) is 47.3 Å². The van der Waals surface area contributed by atoms with Gasteiger partial charge >= 0.3 is 11.9 Å². The van der Waals surface area contributed by atoms with Crippen molar-refractivity contribution < 1.29 is 19.8 Å². The molecule has 144 valence electrons. The van der Waals surface area contributed by atoms with Crippen molar-refractivity contribution in [1.82, 2.24) is 19.9 Å². The number of aliphatic carboxylic acids is 1. The second-order valence-electron chi connectivity index (χ2n) is 6.30. The molecular formula is C18H18N6O4. The van der Waals surface area contributed by atoms with Crippen LogP contribution in [0, 0.1) is 0 Å². The van der Waals surface area contributed by atoms with E-state index in [0.717, 1.165) is 0 Å². The normalized spacial score (nSPS) is 13.2. The minimum atomic E-state index is -1.32. The van der Waals surface area contributed by atoms with Crippen LogP contribution in [0.15, 0.2) is 30.5 Å². The molecule has 0 aliphatic carbocycles. The third kappa shape index (κ3) is 3.27. The molecule has 2 aromatic heterocycles. The van der Waals surface area contributed by atoms with Gasteiger partial charge in [0.2, 0.25) is 5.95 Å². The van der Waals surface area contributed by atoms with Gasteiger partial charge in [-0.2, -0.15) is 9.97 Å². The van der Waals surface area contributed by atoms with E-state index in [1.807, 2.05) is 0 Å². The zero-order valence-electron chi connectivity index (χ0n) is 15.0. The van der Waals surface area contributed by atoms with Crippen molar-refractivity contribution in [3.8, 4) is 0 Å². The standard InChI is InChI=1S/C18H18N6O4/c1-2-18(16(27)28,10-5-3-9(4-6-10)15(25)26)7-11-8-21-14-12(22-11)13(19)23-17(20)24-14/h3-6,8H,2,7H2,1H3,(H,25,26)(H,27,28)(H4,19,20,21,23,24). The topological polar surface area (TPSA) is 178 Å². The Morgan fingerprint density at radius 1 is 1.07 bits per heavy atom. The molecule has 28 heavy (non-hydrogen) atoms. The number of aromatic nitrogens is 4. The first-order valence-corrected chi connectivity index (χ1v) is 8.38. The molecule has 1 aromatic carbocycles. The lowest BCUT2D eigenvalue weighted by Crippen LogP contribution is -2.38. The van der Waals surface area contributed by atoms with Gasteiger partial charge in [-0.1, -0.05) is 19.1 Å². The molecule has 10 nitrogen and oxygen atoms in total. The van der Waals surface area contributed by atoms with Crippen LogP contribution in [0.3, 0.4) is 0 Å². The van der Waals surface area contributed by atoms with Gasteiger partial charge in [0.15, 0.2) is 17.0 Å². The zero-order chi connectivity index (χ0) is 20.5. The number of nitrogens with two attached hydrogens (primary N) is 2. The van der Waals surface area contributed by atoms with Crippen molar-refractivity contribution >= 4 is 34.9 Å². The molecule has 0 aliphatic heterocycles. The summed E-state index contributed by atoms with van der Waals surface area (Å²) in [6.07, 6.45) is 1.70. The Morgan fingerprint density at radius 3 is 2.32 bits per heavy atom. The maximum Gasteiger partial charge on any atom is 0.335 e. The summed E-state index contributed by atoms with van der Waals surface area (Å²) < 4.78 is 0. The number of carbonyl (C=O) groups is 2. The number of rotatable bonds is 6. The SMILES string of the molecule is CCC(Cc1cnc2nc(N)nc(N)c2n1)(C(=O)O)c1ccc(C(=O)O)cc1. The summed E-state index contributed by atoms with van der Waals surface area (Å²) in [6.45, 7) is 1.74. The Labute approximate surface area is 159 Å². The van der Waals surface area contributed by atoms with E-state index in [4.69, 9.17) is 16.6 Å². The Hall–Kier alpha value is -3.82. The van der Waals surface area contributed by atoms with Gasteiger partial charge in [0.1, 0.15) is 0 Å². The molecule has 3 aromatic rings. The van der Waals surface area contributed by atoms with Gasteiger partial charge in [0.05, 0.1) is 22.9 Å². The number of aromatic carboxylic acids is 1. The molecule has 0 aliphatic rings. The molecule has 1 atom stereocenters. The zero-order valence-corrected chi connectivity index (χ0v) is 15.0. The first-order chi connectivity index (χ1) is 13.3. The minimum absolute atomic E-state index is 0.0258. The smallest absolute Gasteiger partial charge is 0.335 e. The number of fused-ring (bicyclic) bond motifs is 1. The molecule has 0 radical (unpaired) electrons. The van der Waals surface area contributed by atoms with E-state index in [0.29, 0.717) is 11.3 Å². The molecule has 0 saturated carbocycles. The Kier molecular flexibility index (Phi) is 4.78. The van der Waals surface area contributed by atoms with E-state index in [2.05, 4.69) is 19.9 Å². The van der Waals surface area contributed by atoms with E-state index in [-0.39, 0.29) is 41.3 Å². The molecule has 0 fully saturated rings. The van der Waals surface area contributed by atoms with Gasteiger partial charge in [-0.05, 0) is 24.1 Å². The van der Waals surface area contributed by atoms with Gasteiger partial charge in [0.25, 0.3) is 0 Å². The highest BCUT2D eigenvalue weighted by Crippen LogP contribution is 2.33. The fraction of sp³-hybridized carbons (Fsp3) is 0.222. The first kappa shape index (κ1) is 19.0. The van der Waals surface area contributed by atoms with Crippen molar-refractivity contribution in [2.24, 2.45) is 0 Å². The van der Waals surface area contributed by atoms with Gasteiger partial charge in [-0.15, -0.1) is 0 Å². The molecule has 6 N–H and O–H groups in total. The van der Waals surface area contributed by atoms with E-state index in [9.17, 15) is 14.7 Å². The minimum Gasteiger partial charge on any atom is -0.481 e. The number of carboxylic acids is 2. The monoisotopic (exact) mass is 382 g/mol. The fourth-order valence-electron chi connectivity index (χ4n) is 3.09. The molecule has 1 unspecified atom stereocenters. The Bertz CT molecular complexity index is 1070. The van der Waals surface area contributed by atoms with Crippen molar-refractivity contribution in [2.75, 3.05) is 11.5 Å². The lowest BCUT2D eigenvalue weighted by molar-refractivity contribution is -0.144. The quantitative estimate of drug-likeness (QED) is 0.485. The largest absolute Gasteiger partial charge is 0.481 e. The summed E-state index contributed by atoms with van der Waals surface area (Å²) in [6, 6.07) is 5.78. The van der Waals surface area contributed by atoms with E-state index >= 15 is 0 Å². The highest BCUT2D eigenvalue weighted by molar-refractivity contribution is 5.88. The molecule has 0 bridgehead atoms. The van der Waals surface area contributed by atoms with Crippen LogP contribution in [-0.2, 0) is 16.6 Å². The number of nitrogens with zero attached hydrogens (tertiary/aromatic N) is 4. The highest BCUT2D eigenvalue weighted by Gasteiger charge is 2.39. The average Bonchev–Trinajstić information content (AvgIpc) is 2.66. The third-order valence-electron chi connectivity index (χ3n) is 4.68. The van der Waals surface area contributed by atoms with Crippen LogP contribution in [0.4, 0.5) is 11.8 Å². The van der Waals surface area contributed by atoms with Gasteiger partial charge in [-0.25, -0.2) is 14.8 Å². The van der Waals surface area contributed by atoms with E-state index < -0.39 is 17.4 Å². The summed E-state index contributed by atoms with van der Waals surface area (Å²) in [7, 11) is 0. The summed E-state index contributed by atoms with van der Waals surface area (Å²) >= 11 is 0. The first-order valence-electron chi connectivity index (χ1n) is 8.38. The summed E-state index contributed by atoms with van der Waals surface area (Å²) in [5, 5.41) is 19.0. The Balaban J connectivity index is 2.07. The Morgan fingerprint density at radius 2 is 1.75 bits per heavy atom. The maximum absolute atomic E-state index is 12.2. The van der Waals surface area contributed by atoms with E-state index in [1.165, 1.54) is 30.5 Å². The molecule has 2 heterocycles. The number of anilines is 2. The van der Waals surface area contributed by atoms with Gasteiger partial charge < -0.3 is 21.7 Å². The number of nitrogen functional groups attached to an aromatic ring is 2. The van der Waals surface area contributed by atoms with Crippen LogP contribution in [0.5, 0.6) is 0 Å². The van der Waals surface area contributed by atoms with Gasteiger partial charge in [0, 0.05) is 6.42 Å². The molecule has 0 spiro atoms. The number of carboxylic acid groups (broad SMARTS) is 2. The summed E-state index contributed by atoms with van der Waals surface area (Å²) in [4.78, 5) is 39.6. The van der Waals surface area contributed by atoms with Crippen LogP contribution in [0.25, 0.3) is 11.2 Å². The van der Waals surface area contributed by atoms with Crippen molar-refractivity contribution in [3.63, 3.8) is 0 Å². The maximum atomic E-state index is 12.2. The lowest BCUT2D eigenvalue weighted by Gasteiger charge is -2.28. The molecular weight excluding hydrogens is 364 g/mol. The summed E-state index contributed by atoms with van der Waals surface area (Å²) in [5.74, 6) is -2.11. The second kappa shape index (κ2) is 7.06. The fourth-order valence-corrected chi connectivity index (χ4v) is 3.09. The van der Waals surface area contributed by atoms with Crippen LogP contribution < -0.4 is 11.5 Å². The number of hydrogen-bond acceptors (Lipinski definition) is 8. The molecule has 0 saturated heterocycles. The number of benzene rings is 1. The van der Waals surface area contributed by atoms with E-state index in [1.54, 1.807) is 6.92 Å². The van der Waals surface area contributed by atoms with Crippen LogP contribution in [0.1, 0.15) is 35.0 Å². The third-order valence-corrected chi connectivity index (χ3v) is 4.68. The molecule has 10 heteroatoms. The predicted octanol–water partition coefficient (Wildman–Crippen LogP) is 1.26. The number of hydrogen-bond donors (Lipinski definition) is 4. The molecule has 3 rings (SSSR count). The molecule has 0 amide bonds. The van der Waals surface area contributed by atoms with Crippen LogP contribution in [0.2, 0.25) is 0 Å².